The number of methoxy groups -OCH3 is 1. The molecule has 0 spiro atoms. The molecule has 0 saturated heterocycles. The number of rotatable bonds is 11. The van der Waals surface area contributed by atoms with Crippen LogP contribution in [0.1, 0.15) is 64.9 Å². The van der Waals surface area contributed by atoms with Crippen LogP contribution in [0.2, 0.25) is 0 Å². The van der Waals surface area contributed by atoms with Gasteiger partial charge >= 0.3 is 0 Å². The van der Waals surface area contributed by atoms with E-state index in [1.165, 1.54) is 6.92 Å². The highest BCUT2D eigenvalue weighted by Gasteiger charge is 2.40. The van der Waals surface area contributed by atoms with Gasteiger partial charge in [-0.05, 0) is 30.5 Å². The fourth-order valence-corrected chi connectivity index (χ4v) is 2.93. The van der Waals surface area contributed by atoms with Crippen LogP contribution in [0.4, 0.5) is 0 Å². The Balaban J connectivity index is 3.20. The molecule has 5 nitrogen and oxygen atoms in total. The van der Waals surface area contributed by atoms with E-state index in [2.05, 4.69) is 24.5 Å². The van der Waals surface area contributed by atoms with E-state index < -0.39 is 5.54 Å². The first kappa shape index (κ1) is 21.0. The van der Waals surface area contributed by atoms with Crippen LogP contribution in [-0.4, -0.2) is 25.5 Å². The van der Waals surface area contributed by atoms with Crippen molar-refractivity contribution in [3.63, 3.8) is 0 Å². The normalized spacial score (nSPS) is 13.0. The van der Waals surface area contributed by atoms with Gasteiger partial charge in [0.1, 0.15) is 11.3 Å². The van der Waals surface area contributed by atoms with E-state index in [9.17, 15) is 9.59 Å². The second-order valence-electron chi connectivity index (χ2n) is 6.38. The minimum Gasteiger partial charge on any atom is -0.497 e. The molecule has 0 bridgehead atoms. The molecule has 2 N–H and O–H groups in total. The first-order valence-corrected chi connectivity index (χ1v) is 9.21. The van der Waals surface area contributed by atoms with E-state index in [1.54, 1.807) is 7.11 Å². The SMILES string of the molecule is CCCCCC(NC(C)=O)(C(=O)NCCCC)c1ccc(OC)cc1. The molecule has 1 aromatic rings. The summed E-state index contributed by atoms with van der Waals surface area (Å²) in [7, 11) is 1.61. The third kappa shape index (κ3) is 6.07. The van der Waals surface area contributed by atoms with Crippen molar-refractivity contribution < 1.29 is 14.3 Å². The van der Waals surface area contributed by atoms with Crippen LogP contribution in [0, 0.1) is 0 Å². The van der Waals surface area contributed by atoms with Crippen molar-refractivity contribution in [3.8, 4) is 5.75 Å². The second kappa shape index (κ2) is 10.7. The predicted octanol–water partition coefficient (Wildman–Crippen LogP) is 3.52. The summed E-state index contributed by atoms with van der Waals surface area (Å²) in [5, 5.41) is 5.94. The highest BCUT2D eigenvalue weighted by Crippen LogP contribution is 2.30. The highest BCUT2D eigenvalue weighted by atomic mass is 16.5. The molecule has 25 heavy (non-hydrogen) atoms. The molecule has 1 rings (SSSR count). The number of ether oxygens (including phenoxy) is 1. The average Bonchev–Trinajstić information content (AvgIpc) is 2.61. The monoisotopic (exact) mass is 348 g/mol. The van der Waals surface area contributed by atoms with Crippen molar-refractivity contribution in [2.75, 3.05) is 13.7 Å². The quantitative estimate of drug-likeness (QED) is 0.601. The number of carbonyl (C=O) groups excluding carboxylic acids is 2. The fraction of sp³-hybridized carbons (Fsp3) is 0.600. The molecule has 0 saturated carbocycles. The van der Waals surface area contributed by atoms with Crippen LogP contribution < -0.4 is 15.4 Å². The Labute approximate surface area is 151 Å². The highest BCUT2D eigenvalue weighted by molar-refractivity contribution is 5.92. The second-order valence-corrected chi connectivity index (χ2v) is 6.38. The third-order valence-corrected chi connectivity index (χ3v) is 4.33. The molecule has 1 aromatic carbocycles. The van der Waals surface area contributed by atoms with Gasteiger partial charge in [-0.2, -0.15) is 0 Å². The number of nitrogens with one attached hydrogen (secondary N) is 2. The minimum absolute atomic E-state index is 0.141. The molecule has 1 atom stereocenters. The van der Waals surface area contributed by atoms with Gasteiger partial charge in [-0.15, -0.1) is 0 Å². The lowest BCUT2D eigenvalue weighted by Gasteiger charge is -2.34. The summed E-state index contributed by atoms with van der Waals surface area (Å²) in [5.41, 5.74) is -0.255. The van der Waals surface area contributed by atoms with Gasteiger partial charge < -0.3 is 15.4 Å². The van der Waals surface area contributed by atoms with E-state index in [1.807, 2.05) is 24.3 Å². The Kier molecular flexibility index (Phi) is 9.03. The van der Waals surface area contributed by atoms with E-state index in [0.29, 0.717) is 13.0 Å². The molecule has 0 fully saturated rings. The van der Waals surface area contributed by atoms with Crippen LogP contribution in [0.3, 0.4) is 0 Å². The zero-order valence-electron chi connectivity index (χ0n) is 16.0. The smallest absolute Gasteiger partial charge is 0.250 e. The Morgan fingerprint density at radius 3 is 2.20 bits per heavy atom. The number of carbonyl (C=O) groups is 2. The number of amides is 2. The molecule has 0 aromatic heterocycles. The van der Waals surface area contributed by atoms with Crippen molar-refractivity contribution in [2.24, 2.45) is 0 Å². The van der Waals surface area contributed by atoms with Gasteiger partial charge in [0.05, 0.1) is 7.11 Å². The lowest BCUT2D eigenvalue weighted by Crippen LogP contribution is -2.56. The van der Waals surface area contributed by atoms with Crippen LogP contribution in [0.5, 0.6) is 5.75 Å². The van der Waals surface area contributed by atoms with Crippen LogP contribution in [0.25, 0.3) is 0 Å². The van der Waals surface area contributed by atoms with Crippen LogP contribution >= 0.6 is 0 Å². The maximum absolute atomic E-state index is 13.1. The number of hydrogen-bond donors (Lipinski definition) is 2. The Hall–Kier alpha value is -2.04. The fourth-order valence-electron chi connectivity index (χ4n) is 2.93. The van der Waals surface area contributed by atoms with Crippen molar-refractivity contribution in [2.45, 2.75) is 64.8 Å². The summed E-state index contributed by atoms with van der Waals surface area (Å²) < 4.78 is 5.21. The van der Waals surface area contributed by atoms with Gasteiger partial charge in [0.2, 0.25) is 11.8 Å². The van der Waals surface area contributed by atoms with E-state index in [4.69, 9.17) is 4.74 Å². The molecule has 0 aliphatic heterocycles. The largest absolute Gasteiger partial charge is 0.497 e. The Bertz CT molecular complexity index is 542. The third-order valence-electron chi connectivity index (χ3n) is 4.33. The zero-order valence-corrected chi connectivity index (χ0v) is 16.0. The summed E-state index contributed by atoms with van der Waals surface area (Å²) in [6, 6.07) is 7.37. The van der Waals surface area contributed by atoms with E-state index >= 15 is 0 Å². The van der Waals surface area contributed by atoms with Crippen LogP contribution in [-0.2, 0) is 15.1 Å². The standard InChI is InChI=1S/C20H32N2O3/c1-5-7-9-14-20(22-16(3)23,19(24)21-15-8-6-2)17-10-12-18(25-4)13-11-17/h10-13H,5-9,14-15H2,1-4H3,(H,21,24)(H,22,23). The van der Waals surface area contributed by atoms with Gasteiger partial charge in [-0.3, -0.25) is 9.59 Å². The zero-order chi connectivity index (χ0) is 18.7. The molecule has 2 amide bonds. The van der Waals surface area contributed by atoms with Gasteiger partial charge in [-0.25, -0.2) is 0 Å². The van der Waals surface area contributed by atoms with Gasteiger partial charge in [0.25, 0.3) is 0 Å². The summed E-state index contributed by atoms with van der Waals surface area (Å²) >= 11 is 0. The molecule has 1 unspecified atom stereocenters. The number of unbranched alkanes of at least 4 members (excludes halogenated alkanes) is 3. The number of benzene rings is 1. The lowest BCUT2D eigenvalue weighted by atomic mass is 9.83. The van der Waals surface area contributed by atoms with Crippen molar-refractivity contribution in [1.29, 1.82) is 0 Å². The van der Waals surface area contributed by atoms with Crippen molar-refractivity contribution >= 4 is 11.8 Å². The molecule has 0 aliphatic carbocycles. The van der Waals surface area contributed by atoms with Crippen molar-refractivity contribution in [1.82, 2.24) is 10.6 Å². The lowest BCUT2D eigenvalue weighted by molar-refractivity contribution is -0.133. The first-order chi connectivity index (χ1) is 12.0. The van der Waals surface area contributed by atoms with E-state index in [-0.39, 0.29) is 11.8 Å². The summed E-state index contributed by atoms with van der Waals surface area (Å²) in [6.07, 6.45) is 5.43. The molecule has 140 valence electrons. The maximum Gasteiger partial charge on any atom is 0.250 e. The minimum atomic E-state index is -1.04. The molecule has 0 aliphatic rings. The van der Waals surface area contributed by atoms with Gasteiger partial charge in [0.15, 0.2) is 0 Å². The van der Waals surface area contributed by atoms with Crippen LogP contribution in [0.15, 0.2) is 24.3 Å². The van der Waals surface area contributed by atoms with E-state index in [0.717, 1.165) is 43.4 Å². The summed E-state index contributed by atoms with van der Waals surface area (Å²) in [5.74, 6) is 0.371. The summed E-state index contributed by atoms with van der Waals surface area (Å²) in [4.78, 5) is 25.0. The molecule has 0 radical (unpaired) electrons. The van der Waals surface area contributed by atoms with Crippen molar-refractivity contribution in [3.05, 3.63) is 29.8 Å². The van der Waals surface area contributed by atoms with Gasteiger partial charge in [-0.1, -0.05) is 51.7 Å². The number of hydrogen-bond acceptors (Lipinski definition) is 3. The molecular formula is C20H32N2O3. The average molecular weight is 348 g/mol. The maximum atomic E-state index is 13.1. The first-order valence-electron chi connectivity index (χ1n) is 9.21. The summed E-state index contributed by atoms with van der Waals surface area (Å²) in [6.45, 7) is 6.27. The predicted molar refractivity (Wildman–Crippen MR) is 101 cm³/mol. The Morgan fingerprint density at radius 2 is 1.68 bits per heavy atom. The molecule has 5 heteroatoms. The van der Waals surface area contributed by atoms with Gasteiger partial charge in [0, 0.05) is 13.5 Å². The molecular weight excluding hydrogens is 316 g/mol. The Morgan fingerprint density at radius 1 is 1.04 bits per heavy atom. The topological polar surface area (TPSA) is 67.4 Å². The molecule has 0 heterocycles.